The standard InChI is InChI=1S/C22H28BrN3O4/c1-14(29-2)20(25-22(28)30-3)21(27)26-13-5-4-6-19(26)18-12-11-17(24-18)15-7-9-16(23)10-8-15/h7-12,14,19-20,24H,4-6,13H2,1-3H3,(H,25,28)/t14-,19-,20+/m1/s1. The van der Waals surface area contributed by atoms with Gasteiger partial charge in [0.1, 0.15) is 6.04 Å². The van der Waals surface area contributed by atoms with Gasteiger partial charge in [-0.25, -0.2) is 4.79 Å². The number of halogens is 1. The van der Waals surface area contributed by atoms with Crippen molar-refractivity contribution in [3.05, 3.63) is 46.6 Å². The van der Waals surface area contributed by atoms with Crippen LogP contribution in [0, 0.1) is 0 Å². The summed E-state index contributed by atoms with van der Waals surface area (Å²) in [6.07, 6.45) is 1.69. The SMILES string of the molecule is COC(=O)N[C@H](C(=O)N1CCCC[C@@H]1c1ccc(-c2ccc(Br)cc2)[nH]1)[C@@H](C)OC. The molecule has 7 nitrogen and oxygen atoms in total. The Labute approximate surface area is 185 Å². The number of aromatic nitrogens is 1. The highest BCUT2D eigenvalue weighted by Crippen LogP contribution is 2.33. The van der Waals surface area contributed by atoms with E-state index in [-0.39, 0.29) is 11.9 Å². The number of nitrogens with zero attached hydrogens (tertiary/aromatic N) is 1. The number of ether oxygens (including phenoxy) is 2. The van der Waals surface area contributed by atoms with Gasteiger partial charge in [-0.05, 0) is 56.0 Å². The van der Waals surface area contributed by atoms with Crippen molar-refractivity contribution in [2.45, 2.75) is 44.4 Å². The van der Waals surface area contributed by atoms with E-state index in [1.165, 1.54) is 14.2 Å². The van der Waals surface area contributed by atoms with Gasteiger partial charge in [0.25, 0.3) is 0 Å². The van der Waals surface area contributed by atoms with Crippen LogP contribution in [0.25, 0.3) is 11.3 Å². The molecule has 1 aromatic heterocycles. The van der Waals surface area contributed by atoms with Crippen molar-refractivity contribution in [2.75, 3.05) is 20.8 Å². The molecule has 1 aromatic carbocycles. The summed E-state index contributed by atoms with van der Waals surface area (Å²) in [5, 5.41) is 2.63. The molecule has 162 valence electrons. The van der Waals surface area contributed by atoms with Crippen LogP contribution >= 0.6 is 15.9 Å². The van der Waals surface area contributed by atoms with Crippen molar-refractivity contribution in [1.29, 1.82) is 0 Å². The molecule has 0 radical (unpaired) electrons. The molecule has 0 unspecified atom stereocenters. The predicted octanol–water partition coefficient (Wildman–Crippen LogP) is 4.26. The summed E-state index contributed by atoms with van der Waals surface area (Å²) in [6, 6.07) is 11.3. The highest BCUT2D eigenvalue weighted by molar-refractivity contribution is 9.10. The Bertz CT molecular complexity index is 868. The molecule has 0 saturated carbocycles. The van der Waals surface area contributed by atoms with E-state index in [1.807, 2.05) is 41.3 Å². The second-order valence-corrected chi connectivity index (χ2v) is 8.35. The van der Waals surface area contributed by atoms with Crippen LogP contribution in [0.1, 0.15) is 37.9 Å². The predicted molar refractivity (Wildman–Crippen MR) is 118 cm³/mol. The Kier molecular flexibility index (Phi) is 7.55. The normalized spacial score (nSPS) is 18.5. The summed E-state index contributed by atoms with van der Waals surface area (Å²) in [7, 11) is 2.80. The average Bonchev–Trinajstić information content (AvgIpc) is 3.27. The zero-order valence-electron chi connectivity index (χ0n) is 17.5. The topological polar surface area (TPSA) is 83.7 Å². The first-order valence-corrected chi connectivity index (χ1v) is 10.9. The van der Waals surface area contributed by atoms with Gasteiger partial charge in [-0.1, -0.05) is 28.1 Å². The molecule has 1 aliphatic heterocycles. The molecular weight excluding hydrogens is 450 g/mol. The molecule has 1 fully saturated rings. The van der Waals surface area contributed by atoms with Gasteiger partial charge in [0.05, 0.1) is 19.3 Å². The number of benzene rings is 1. The number of amides is 2. The number of piperidine rings is 1. The van der Waals surface area contributed by atoms with E-state index in [0.717, 1.165) is 40.7 Å². The largest absolute Gasteiger partial charge is 0.453 e. The number of carbonyl (C=O) groups is 2. The average molecular weight is 478 g/mol. The van der Waals surface area contributed by atoms with Crippen molar-refractivity contribution in [2.24, 2.45) is 0 Å². The molecule has 1 saturated heterocycles. The molecule has 1 aliphatic rings. The Morgan fingerprint density at radius 2 is 1.90 bits per heavy atom. The smallest absolute Gasteiger partial charge is 0.407 e. The van der Waals surface area contributed by atoms with Crippen molar-refractivity contribution >= 4 is 27.9 Å². The van der Waals surface area contributed by atoms with Crippen LogP contribution in [-0.4, -0.2) is 54.8 Å². The monoisotopic (exact) mass is 477 g/mol. The first kappa shape index (κ1) is 22.4. The summed E-state index contributed by atoms with van der Waals surface area (Å²) in [5.41, 5.74) is 3.07. The van der Waals surface area contributed by atoms with E-state index in [0.29, 0.717) is 6.54 Å². The molecular formula is C22H28BrN3O4. The fourth-order valence-corrected chi connectivity index (χ4v) is 4.07. The number of aromatic amines is 1. The lowest BCUT2D eigenvalue weighted by molar-refractivity contribution is -0.140. The van der Waals surface area contributed by atoms with Gasteiger partial charge in [0, 0.05) is 29.5 Å². The second kappa shape index (κ2) is 10.1. The van der Waals surface area contributed by atoms with Crippen molar-refractivity contribution < 1.29 is 19.1 Å². The molecule has 8 heteroatoms. The fraction of sp³-hybridized carbons (Fsp3) is 0.455. The number of carbonyl (C=O) groups excluding carboxylic acids is 2. The Morgan fingerprint density at radius 3 is 2.57 bits per heavy atom. The van der Waals surface area contributed by atoms with E-state index < -0.39 is 18.2 Å². The third-order valence-electron chi connectivity index (χ3n) is 5.57. The van der Waals surface area contributed by atoms with Gasteiger partial charge in [0.15, 0.2) is 0 Å². The number of alkyl carbamates (subject to hydrolysis) is 1. The lowest BCUT2D eigenvalue weighted by atomic mass is 9.97. The second-order valence-electron chi connectivity index (χ2n) is 7.43. The zero-order chi connectivity index (χ0) is 21.7. The van der Waals surface area contributed by atoms with Gasteiger partial charge < -0.3 is 24.7 Å². The molecule has 3 atom stereocenters. The minimum atomic E-state index is -0.816. The number of likely N-dealkylation sites (tertiary alicyclic amines) is 1. The van der Waals surface area contributed by atoms with Gasteiger partial charge in [-0.2, -0.15) is 0 Å². The number of hydrogen-bond donors (Lipinski definition) is 2. The molecule has 0 spiro atoms. The van der Waals surface area contributed by atoms with E-state index in [9.17, 15) is 9.59 Å². The van der Waals surface area contributed by atoms with Crippen LogP contribution in [0.15, 0.2) is 40.9 Å². The number of methoxy groups -OCH3 is 2. The molecule has 30 heavy (non-hydrogen) atoms. The van der Waals surface area contributed by atoms with Crippen LogP contribution in [0.3, 0.4) is 0 Å². The summed E-state index contributed by atoms with van der Waals surface area (Å²) in [4.78, 5) is 30.5. The third kappa shape index (κ3) is 5.05. The van der Waals surface area contributed by atoms with Crippen LogP contribution < -0.4 is 5.32 Å². The first-order valence-electron chi connectivity index (χ1n) is 10.1. The Hall–Kier alpha value is -2.32. The first-order chi connectivity index (χ1) is 14.4. The summed E-state index contributed by atoms with van der Waals surface area (Å²) in [6.45, 7) is 2.39. The van der Waals surface area contributed by atoms with Crippen LogP contribution in [-0.2, 0) is 14.3 Å². The zero-order valence-corrected chi connectivity index (χ0v) is 19.1. The number of rotatable bonds is 6. The Balaban J connectivity index is 1.84. The van der Waals surface area contributed by atoms with E-state index in [1.54, 1.807) is 6.92 Å². The van der Waals surface area contributed by atoms with Gasteiger partial charge in [-0.3, -0.25) is 4.79 Å². The molecule has 2 amide bonds. The molecule has 2 aromatic rings. The lowest BCUT2D eigenvalue weighted by Gasteiger charge is -2.38. The maximum atomic E-state index is 13.4. The number of hydrogen-bond acceptors (Lipinski definition) is 4. The maximum absolute atomic E-state index is 13.4. The van der Waals surface area contributed by atoms with Crippen LogP contribution in [0.2, 0.25) is 0 Å². The maximum Gasteiger partial charge on any atom is 0.407 e. The number of nitrogens with one attached hydrogen (secondary N) is 2. The van der Waals surface area contributed by atoms with E-state index in [4.69, 9.17) is 9.47 Å². The minimum Gasteiger partial charge on any atom is -0.453 e. The van der Waals surface area contributed by atoms with Gasteiger partial charge >= 0.3 is 6.09 Å². The van der Waals surface area contributed by atoms with Crippen molar-refractivity contribution in [3.63, 3.8) is 0 Å². The van der Waals surface area contributed by atoms with Crippen molar-refractivity contribution in [3.8, 4) is 11.3 Å². The fourth-order valence-electron chi connectivity index (χ4n) is 3.80. The Morgan fingerprint density at radius 1 is 1.17 bits per heavy atom. The molecule has 3 rings (SSSR count). The van der Waals surface area contributed by atoms with E-state index >= 15 is 0 Å². The molecule has 0 bridgehead atoms. The highest BCUT2D eigenvalue weighted by atomic mass is 79.9. The van der Waals surface area contributed by atoms with Crippen LogP contribution in [0.5, 0.6) is 0 Å². The minimum absolute atomic E-state index is 0.0820. The third-order valence-corrected chi connectivity index (χ3v) is 6.10. The van der Waals surface area contributed by atoms with Gasteiger partial charge in [-0.15, -0.1) is 0 Å². The van der Waals surface area contributed by atoms with Crippen LogP contribution in [0.4, 0.5) is 4.79 Å². The molecule has 2 heterocycles. The molecule has 2 N–H and O–H groups in total. The lowest BCUT2D eigenvalue weighted by Crippen LogP contribution is -2.55. The summed E-state index contributed by atoms with van der Waals surface area (Å²) >= 11 is 3.46. The summed E-state index contributed by atoms with van der Waals surface area (Å²) < 4.78 is 11.1. The van der Waals surface area contributed by atoms with Crippen molar-refractivity contribution in [1.82, 2.24) is 15.2 Å². The summed E-state index contributed by atoms with van der Waals surface area (Å²) in [5.74, 6) is -0.167. The van der Waals surface area contributed by atoms with Gasteiger partial charge in [0.2, 0.25) is 5.91 Å². The quantitative estimate of drug-likeness (QED) is 0.650. The molecule has 0 aliphatic carbocycles. The van der Waals surface area contributed by atoms with E-state index in [2.05, 4.69) is 26.2 Å². The highest BCUT2D eigenvalue weighted by Gasteiger charge is 2.36. The number of H-pyrrole nitrogens is 1.